The van der Waals surface area contributed by atoms with Gasteiger partial charge in [0.1, 0.15) is 11.3 Å². The van der Waals surface area contributed by atoms with Crippen LogP contribution in [-0.4, -0.2) is 17.7 Å². The predicted octanol–water partition coefficient (Wildman–Crippen LogP) is 3.94. The number of carbonyl (C=O) groups is 2. The van der Waals surface area contributed by atoms with Gasteiger partial charge in [0.2, 0.25) is 5.91 Å². The standard InChI is InChI=1S/C18H14Cl2N2O2S/c19-8-1-2-10-12(5-8)21-17(24)18(10)16(14-6-9(20)7-25-14)15-11(22-18)3-4-13(15)23/h1-2,5-7,11,15-16,22H,3-4H2,(H,21,24)/t11-,15-,16-,18+/m0/s1. The molecule has 7 heteroatoms. The van der Waals surface area contributed by atoms with Gasteiger partial charge in [0.05, 0.1) is 5.02 Å². The number of hydrogen-bond donors (Lipinski definition) is 2. The molecule has 1 aromatic heterocycles. The summed E-state index contributed by atoms with van der Waals surface area (Å²) in [6, 6.07) is 7.33. The second kappa shape index (κ2) is 5.30. The lowest BCUT2D eigenvalue weighted by atomic mass is 9.74. The number of nitrogens with one attached hydrogen (secondary N) is 2. The molecule has 1 spiro atoms. The van der Waals surface area contributed by atoms with Gasteiger partial charge >= 0.3 is 0 Å². The highest BCUT2D eigenvalue weighted by Gasteiger charge is 2.65. The van der Waals surface area contributed by atoms with Gasteiger partial charge < -0.3 is 5.32 Å². The smallest absolute Gasteiger partial charge is 0.250 e. The summed E-state index contributed by atoms with van der Waals surface area (Å²) in [5.41, 5.74) is 0.628. The average Bonchev–Trinajstić information content (AvgIpc) is 3.28. The molecule has 2 aliphatic heterocycles. The Hall–Kier alpha value is -1.40. The molecule has 2 aromatic rings. The van der Waals surface area contributed by atoms with Crippen LogP contribution in [0.15, 0.2) is 29.6 Å². The molecule has 1 aromatic carbocycles. The van der Waals surface area contributed by atoms with E-state index in [1.54, 1.807) is 12.1 Å². The van der Waals surface area contributed by atoms with Crippen molar-refractivity contribution in [1.29, 1.82) is 0 Å². The maximum Gasteiger partial charge on any atom is 0.250 e. The van der Waals surface area contributed by atoms with Crippen LogP contribution in [0, 0.1) is 5.92 Å². The van der Waals surface area contributed by atoms with E-state index in [9.17, 15) is 9.59 Å². The zero-order chi connectivity index (χ0) is 17.3. The summed E-state index contributed by atoms with van der Waals surface area (Å²) in [6.07, 6.45) is 1.32. The van der Waals surface area contributed by atoms with Gasteiger partial charge in [0, 0.05) is 50.8 Å². The number of rotatable bonds is 1. The second-order valence-corrected chi connectivity index (χ2v) is 8.69. The van der Waals surface area contributed by atoms with Gasteiger partial charge in [-0.05, 0) is 24.6 Å². The SMILES string of the molecule is O=C1CC[C@@H]2N[C@@]3(C(=O)Nc4cc(Cl)ccc43)[C@@H](c3cc(Cl)cs3)[C@H]12. The quantitative estimate of drug-likeness (QED) is 0.772. The lowest BCUT2D eigenvalue weighted by Crippen LogP contribution is -2.49. The molecule has 4 atom stereocenters. The Morgan fingerprint density at radius 2 is 2.00 bits per heavy atom. The molecule has 1 saturated heterocycles. The van der Waals surface area contributed by atoms with Gasteiger partial charge in [-0.3, -0.25) is 14.9 Å². The van der Waals surface area contributed by atoms with Crippen LogP contribution >= 0.6 is 34.5 Å². The van der Waals surface area contributed by atoms with E-state index in [0.717, 1.165) is 16.9 Å². The average molecular weight is 393 g/mol. The van der Waals surface area contributed by atoms with E-state index in [2.05, 4.69) is 10.6 Å². The number of thiophene rings is 1. The predicted molar refractivity (Wildman–Crippen MR) is 98.5 cm³/mol. The number of Topliss-reactive ketones (excluding diaryl/α,β-unsaturated/α-hetero) is 1. The van der Waals surface area contributed by atoms with Crippen molar-refractivity contribution in [3.8, 4) is 0 Å². The lowest BCUT2D eigenvalue weighted by Gasteiger charge is -2.31. The van der Waals surface area contributed by atoms with Crippen LogP contribution in [0.3, 0.4) is 0 Å². The number of fused-ring (bicyclic) bond motifs is 3. The molecule has 0 bridgehead atoms. The summed E-state index contributed by atoms with van der Waals surface area (Å²) >= 11 is 13.8. The van der Waals surface area contributed by atoms with Gasteiger partial charge in [-0.1, -0.05) is 29.3 Å². The number of anilines is 1. The number of hydrogen-bond acceptors (Lipinski definition) is 4. The first-order chi connectivity index (χ1) is 12.0. The van der Waals surface area contributed by atoms with Crippen molar-refractivity contribution in [1.82, 2.24) is 5.32 Å². The van der Waals surface area contributed by atoms with E-state index >= 15 is 0 Å². The van der Waals surface area contributed by atoms with Gasteiger partial charge in [-0.25, -0.2) is 0 Å². The summed E-state index contributed by atoms with van der Waals surface area (Å²) in [5, 5.41) is 9.55. The fourth-order valence-corrected chi connectivity index (χ4v) is 6.21. The Morgan fingerprint density at radius 1 is 1.16 bits per heavy atom. The number of ketones is 1. The number of halogens is 2. The molecular formula is C18H14Cl2N2O2S. The maximum absolute atomic E-state index is 13.1. The van der Waals surface area contributed by atoms with Crippen LogP contribution in [0.1, 0.15) is 29.2 Å². The molecule has 1 saturated carbocycles. The van der Waals surface area contributed by atoms with Crippen LogP contribution < -0.4 is 10.6 Å². The Kier molecular flexibility index (Phi) is 3.36. The van der Waals surface area contributed by atoms with E-state index in [0.29, 0.717) is 22.2 Å². The summed E-state index contributed by atoms with van der Waals surface area (Å²) in [7, 11) is 0. The van der Waals surface area contributed by atoms with Crippen molar-refractivity contribution < 1.29 is 9.59 Å². The number of benzene rings is 1. The molecule has 1 amide bonds. The minimum absolute atomic E-state index is 0.00533. The Balaban J connectivity index is 1.75. The van der Waals surface area contributed by atoms with Crippen molar-refractivity contribution in [3.63, 3.8) is 0 Å². The van der Waals surface area contributed by atoms with Crippen LogP contribution in [0.25, 0.3) is 0 Å². The molecule has 0 unspecified atom stereocenters. The van der Waals surface area contributed by atoms with Crippen molar-refractivity contribution in [2.24, 2.45) is 5.92 Å². The maximum atomic E-state index is 13.1. The number of amides is 1. The number of carbonyl (C=O) groups excluding carboxylic acids is 2. The van der Waals surface area contributed by atoms with Crippen LogP contribution in [-0.2, 0) is 15.1 Å². The van der Waals surface area contributed by atoms with Gasteiger partial charge in [0.25, 0.3) is 0 Å². The molecule has 3 aliphatic rings. The monoisotopic (exact) mass is 392 g/mol. The molecular weight excluding hydrogens is 379 g/mol. The molecule has 128 valence electrons. The van der Waals surface area contributed by atoms with Gasteiger partial charge in [-0.2, -0.15) is 0 Å². The summed E-state index contributed by atoms with van der Waals surface area (Å²) < 4.78 is 0. The molecule has 2 fully saturated rings. The summed E-state index contributed by atoms with van der Waals surface area (Å²) in [4.78, 5) is 26.7. The van der Waals surface area contributed by atoms with Gasteiger partial charge in [0.15, 0.2) is 0 Å². The third kappa shape index (κ3) is 2.04. The highest BCUT2D eigenvalue weighted by atomic mass is 35.5. The minimum Gasteiger partial charge on any atom is -0.324 e. The summed E-state index contributed by atoms with van der Waals surface area (Å²) in [5.74, 6) is -0.366. The second-order valence-electron chi connectivity index (χ2n) is 6.88. The normalized spacial score (nSPS) is 33.0. The zero-order valence-electron chi connectivity index (χ0n) is 13.0. The third-order valence-electron chi connectivity index (χ3n) is 5.65. The fraction of sp³-hybridized carbons (Fsp3) is 0.333. The molecule has 0 radical (unpaired) electrons. The minimum atomic E-state index is -0.945. The largest absolute Gasteiger partial charge is 0.324 e. The first kappa shape index (κ1) is 15.8. The van der Waals surface area contributed by atoms with Crippen molar-refractivity contribution in [2.75, 3.05) is 5.32 Å². The Morgan fingerprint density at radius 3 is 2.76 bits per heavy atom. The molecule has 4 nitrogen and oxygen atoms in total. The third-order valence-corrected chi connectivity index (χ3v) is 7.25. The highest BCUT2D eigenvalue weighted by Crippen LogP contribution is 2.57. The molecule has 1 aliphatic carbocycles. The molecule has 25 heavy (non-hydrogen) atoms. The first-order valence-electron chi connectivity index (χ1n) is 8.16. The van der Waals surface area contributed by atoms with E-state index < -0.39 is 5.54 Å². The van der Waals surface area contributed by atoms with Crippen LogP contribution in [0.4, 0.5) is 5.69 Å². The van der Waals surface area contributed by atoms with E-state index in [-0.39, 0.29) is 29.6 Å². The molecule has 2 N–H and O–H groups in total. The van der Waals surface area contributed by atoms with Crippen molar-refractivity contribution in [2.45, 2.75) is 30.3 Å². The van der Waals surface area contributed by atoms with Crippen LogP contribution in [0.2, 0.25) is 10.0 Å². The topological polar surface area (TPSA) is 58.2 Å². The highest BCUT2D eigenvalue weighted by molar-refractivity contribution is 7.10. The lowest BCUT2D eigenvalue weighted by molar-refractivity contribution is -0.123. The summed E-state index contributed by atoms with van der Waals surface area (Å²) in [6.45, 7) is 0. The van der Waals surface area contributed by atoms with Crippen molar-refractivity contribution in [3.05, 3.63) is 50.1 Å². The molecule has 5 rings (SSSR count). The van der Waals surface area contributed by atoms with Crippen LogP contribution in [0.5, 0.6) is 0 Å². The molecule has 3 heterocycles. The Bertz CT molecular complexity index is 928. The first-order valence-corrected chi connectivity index (χ1v) is 9.80. The van der Waals surface area contributed by atoms with E-state index in [1.165, 1.54) is 11.3 Å². The van der Waals surface area contributed by atoms with E-state index in [4.69, 9.17) is 23.2 Å². The Labute approximate surface area is 158 Å². The fourth-order valence-electron chi connectivity index (χ4n) is 4.74. The van der Waals surface area contributed by atoms with Crippen molar-refractivity contribution >= 4 is 51.9 Å². The van der Waals surface area contributed by atoms with E-state index in [1.807, 2.05) is 17.5 Å². The zero-order valence-corrected chi connectivity index (χ0v) is 15.3. The van der Waals surface area contributed by atoms with Gasteiger partial charge in [-0.15, -0.1) is 11.3 Å².